The highest BCUT2D eigenvalue weighted by Gasteiger charge is 2.25. The van der Waals surface area contributed by atoms with Gasteiger partial charge in [-0.05, 0) is 51.1 Å². The van der Waals surface area contributed by atoms with Gasteiger partial charge in [0.25, 0.3) is 0 Å². The first-order valence-electron chi connectivity index (χ1n) is 9.22. The van der Waals surface area contributed by atoms with Gasteiger partial charge in [0.05, 0.1) is 0 Å². The van der Waals surface area contributed by atoms with Crippen LogP contribution in [0.4, 0.5) is 0 Å². The highest BCUT2D eigenvalue weighted by atomic mass is 14.3. The maximum atomic E-state index is 2.42. The molecular formula is C26H20. The molecule has 5 rings (SSSR count). The maximum absolute atomic E-state index is 2.42. The molecule has 0 bridgehead atoms. The lowest BCUT2D eigenvalue weighted by Crippen LogP contribution is -2.11. The average molecular weight is 332 g/mol. The van der Waals surface area contributed by atoms with Crippen molar-refractivity contribution < 1.29 is 0 Å². The number of rotatable bonds is 2. The van der Waals surface area contributed by atoms with Gasteiger partial charge in [-0.15, -0.1) is 0 Å². The summed E-state index contributed by atoms with van der Waals surface area (Å²) in [6, 6.07) is 35.2. The van der Waals surface area contributed by atoms with Crippen molar-refractivity contribution in [3.63, 3.8) is 0 Å². The first-order chi connectivity index (χ1) is 12.9. The van der Waals surface area contributed by atoms with E-state index in [1.54, 1.807) is 0 Å². The Morgan fingerprint density at radius 3 is 2.23 bits per heavy atom. The van der Waals surface area contributed by atoms with E-state index in [9.17, 15) is 0 Å². The van der Waals surface area contributed by atoms with Gasteiger partial charge in [0.1, 0.15) is 0 Å². The zero-order valence-electron chi connectivity index (χ0n) is 14.6. The molecule has 0 N–H and O–H groups in total. The van der Waals surface area contributed by atoms with Gasteiger partial charge in [0.15, 0.2) is 0 Å². The predicted molar refractivity (Wildman–Crippen MR) is 110 cm³/mol. The minimum absolute atomic E-state index is 0.294. The molecule has 0 fully saturated rings. The summed E-state index contributed by atoms with van der Waals surface area (Å²) in [6.45, 7) is 0. The van der Waals surface area contributed by atoms with Gasteiger partial charge in [-0.2, -0.15) is 0 Å². The van der Waals surface area contributed by atoms with Gasteiger partial charge in [-0.1, -0.05) is 97.1 Å². The third-order valence-electron chi connectivity index (χ3n) is 5.43. The Balaban J connectivity index is 1.70. The van der Waals surface area contributed by atoms with Crippen LogP contribution >= 0.6 is 0 Å². The summed E-state index contributed by atoms with van der Waals surface area (Å²) in [5.41, 5.74) is 6.97. The van der Waals surface area contributed by atoms with E-state index < -0.39 is 0 Å². The van der Waals surface area contributed by atoms with Crippen LogP contribution in [0.2, 0.25) is 0 Å². The number of hydrogen-bond acceptors (Lipinski definition) is 0. The summed E-state index contributed by atoms with van der Waals surface area (Å²) >= 11 is 0. The van der Waals surface area contributed by atoms with Crippen LogP contribution in [0.15, 0.2) is 103 Å². The van der Waals surface area contributed by atoms with Gasteiger partial charge >= 0.3 is 0 Å². The largest absolute Gasteiger partial charge is 0.0753 e. The number of allylic oxidation sites excluding steroid dienone is 2. The second-order valence-corrected chi connectivity index (χ2v) is 6.97. The molecule has 0 heterocycles. The van der Waals surface area contributed by atoms with Crippen molar-refractivity contribution in [1.82, 2.24) is 0 Å². The minimum atomic E-state index is 0.294. The van der Waals surface area contributed by atoms with Crippen molar-refractivity contribution in [2.75, 3.05) is 0 Å². The molecule has 0 radical (unpaired) electrons. The lowest BCUT2D eigenvalue weighted by atomic mass is 9.75. The Morgan fingerprint density at radius 1 is 0.615 bits per heavy atom. The Kier molecular flexibility index (Phi) is 3.68. The van der Waals surface area contributed by atoms with Crippen LogP contribution in [0.25, 0.3) is 16.3 Å². The molecule has 1 aliphatic rings. The summed E-state index contributed by atoms with van der Waals surface area (Å²) in [5.74, 6) is 0.294. The van der Waals surface area contributed by atoms with E-state index in [-0.39, 0.29) is 0 Å². The minimum Gasteiger partial charge on any atom is -0.0753 e. The van der Waals surface area contributed by atoms with Crippen LogP contribution in [0, 0.1) is 0 Å². The third-order valence-corrected chi connectivity index (χ3v) is 5.43. The number of benzene rings is 4. The lowest BCUT2D eigenvalue weighted by Gasteiger charge is -2.28. The summed E-state index contributed by atoms with van der Waals surface area (Å²) < 4.78 is 0. The van der Waals surface area contributed by atoms with Crippen molar-refractivity contribution in [2.45, 2.75) is 12.3 Å². The zero-order chi connectivity index (χ0) is 17.3. The molecule has 0 aliphatic heterocycles. The van der Waals surface area contributed by atoms with Crippen molar-refractivity contribution in [1.29, 1.82) is 0 Å². The second-order valence-electron chi connectivity index (χ2n) is 6.97. The molecule has 1 unspecified atom stereocenters. The molecule has 4 aromatic rings. The van der Waals surface area contributed by atoms with E-state index in [0.717, 1.165) is 6.42 Å². The molecule has 1 atom stereocenters. The van der Waals surface area contributed by atoms with Crippen LogP contribution in [-0.4, -0.2) is 0 Å². The van der Waals surface area contributed by atoms with Gasteiger partial charge in [0, 0.05) is 5.92 Å². The molecule has 1 aliphatic carbocycles. The fraction of sp³-hybridized carbons (Fsp3) is 0.0769. The average Bonchev–Trinajstić information content (AvgIpc) is 2.73. The highest BCUT2D eigenvalue weighted by molar-refractivity contribution is 5.88. The molecule has 0 aromatic heterocycles. The SMILES string of the molecule is C1=C(c2ccc3ccccc3c2)C(c2ccccc2)c2ccccc2C1. The first-order valence-corrected chi connectivity index (χ1v) is 9.22. The summed E-state index contributed by atoms with van der Waals surface area (Å²) in [5, 5.41) is 2.60. The second kappa shape index (κ2) is 6.31. The van der Waals surface area contributed by atoms with Crippen molar-refractivity contribution in [3.05, 3.63) is 125 Å². The van der Waals surface area contributed by atoms with Gasteiger partial charge in [0.2, 0.25) is 0 Å². The summed E-state index contributed by atoms with van der Waals surface area (Å²) in [6.07, 6.45) is 3.42. The Bertz CT molecular complexity index is 1100. The maximum Gasteiger partial charge on any atom is 0.0345 e. The molecule has 124 valence electrons. The Morgan fingerprint density at radius 2 is 1.35 bits per heavy atom. The molecule has 0 spiro atoms. The fourth-order valence-electron chi connectivity index (χ4n) is 4.17. The Labute approximate surface area is 154 Å². The first kappa shape index (κ1) is 15.2. The summed E-state index contributed by atoms with van der Waals surface area (Å²) in [4.78, 5) is 0. The van der Waals surface area contributed by atoms with Crippen molar-refractivity contribution >= 4 is 16.3 Å². The van der Waals surface area contributed by atoms with E-state index in [1.165, 1.54) is 38.6 Å². The van der Waals surface area contributed by atoms with Gasteiger partial charge in [-0.3, -0.25) is 0 Å². The highest BCUT2D eigenvalue weighted by Crippen LogP contribution is 2.43. The molecule has 0 saturated heterocycles. The summed E-state index contributed by atoms with van der Waals surface area (Å²) in [7, 11) is 0. The lowest BCUT2D eigenvalue weighted by molar-refractivity contribution is 0.974. The monoisotopic (exact) mass is 332 g/mol. The smallest absolute Gasteiger partial charge is 0.0345 e. The molecule has 4 aromatic carbocycles. The fourth-order valence-corrected chi connectivity index (χ4v) is 4.17. The van der Waals surface area contributed by atoms with Crippen molar-refractivity contribution in [2.24, 2.45) is 0 Å². The molecule has 0 amide bonds. The molecular weight excluding hydrogens is 312 g/mol. The van der Waals surface area contributed by atoms with Crippen molar-refractivity contribution in [3.8, 4) is 0 Å². The van der Waals surface area contributed by atoms with E-state index in [1.807, 2.05) is 0 Å². The number of hydrogen-bond donors (Lipinski definition) is 0. The third kappa shape index (κ3) is 2.55. The van der Waals surface area contributed by atoms with Crippen LogP contribution < -0.4 is 0 Å². The van der Waals surface area contributed by atoms with Gasteiger partial charge in [-0.25, -0.2) is 0 Å². The Hall–Kier alpha value is -3.12. The van der Waals surface area contributed by atoms with Crippen LogP contribution in [0.3, 0.4) is 0 Å². The van der Waals surface area contributed by atoms with Crippen LogP contribution in [-0.2, 0) is 6.42 Å². The van der Waals surface area contributed by atoms with E-state index in [4.69, 9.17) is 0 Å². The normalized spacial score (nSPS) is 16.2. The van der Waals surface area contributed by atoms with E-state index in [0.29, 0.717) is 5.92 Å². The van der Waals surface area contributed by atoms with Crippen LogP contribution in [0.1, 0.15) is 28.2 Å². The topological polar surface area (TPSA) is 0 Å². The quantitative estimate of drug-likeness (QED) is 0.387. The standard InChI is InChI=1S/C26H20/c1-2-10-21(11-3-1)26-24-13-7-6-9-20(24)16-17-25(26)23-15-14-19-8-4-5-12-22(19)18-23/h1-15,17-18,26H,16H2. The van der Waals surface area contributed by atoms with E-state index in [2.05, 4.69) is 103 Å². The predicted octanol–water partition coefficient (Wildman–Crippen LogP) is 6.61. The zero-order valence-corrected chi connectivity index (χ0v) is 14.6. The number of fused-ring (bicyclic) bond motifs is 2. The molecule has 0 saturated carbocycles. The van der Waals surface area contributed by atoms with Gasteiger partial charge < -0.3 is 0 Å². The molecule has 0 heteroatoms. The van der Waals surface area contributed by atoms with Crippen LogP contribution in [0.5, 0.6) is 0 Å². The molecule has 26 heavy (non-hydrogen) atoms. The van der Waals surface area contributed by atoms with E-state index >= 15 is 0 Å². The molecule has 0 nitrogen and oxygen atoms in total.